The van der Waals surface area contributed by atoms with E-state index in [1.54, 1.807) is 53.1 Å². The van der Waals surface area contributed by atoms with Gasteiger partial charge in [-0.15, -0.1) is 0 Å². The highest BCUT2D eigenvalue weighted by Gasteiger charge is 2.20. The predicted octanol–water partition coefficient (Wildman–Crippen LogP) is 4.89. The fourth-order valence-corrected chi connectivity index (χ4v) is 5.91. The number of rotatable bonds is 8. The minimum Gasteiger partial charge on any atom is -0.454 e. The Labute approximate surface area is 229 Å². The maximum Gasteiger partial charge on any atom is 0.262 e. The van der Waals surface area contributed by atoms with Gasteiger partial charge in [-0.3, -0.25) is 14.3 Å². The molecule has 3 aromatic carbocycles. The van der Waals surface area contributed by atoms with E-state index in [0.717, 1.165) is 11.5 Å². The van der Waals surface area contributed by atoms with Crippen molar-refractivity contribution in [3.8, 4) is 11.5 Å². The number of sulfonamides is 1. The first-order valence-electron chi connectivity index (χ1n) is 11.2. The highest BCUT2D eigenvalue weighted by atomic mass is 35.5. The number of carbonyl (C=O) groups excluding carboxylic acids is 2. The van der Waals surface area contributed by atoms with Gasteiger partial charge in [-0.25, -0.2) is 8.42 Å². The molecule has 1 heterocycles. The van der Waals surface area contributed by atoms with Gasteiger partial charge in [0.15, 0.2) is 5.75 Å². The lowest BCUT2D eigenvalue weighted by Gasteiger charge is -2.26. The van der Waals surface area contributed by atoms with Crippen molar-refractivity contribution in [2.75, 3.05) is 35.9 Å². The van der Waals surface area contributed by atoms with Gasteiger partial charge in [0.05, 0.1) is 22.2 Å². The average molecular weight is 581 g/mol. The number of thioether (sulfide) groups is 1. The second-order valence-corrected chi connectivity index (χ2v) is 11.7. The van der Waals surface area contributed by atoms with Crippen LogP contribution in [0.4, 0.5) is 5.69 Å². The normalized spacial score (nSPS) is 13.6. The molecule has 37 heavy (non-hydrogen) atoms. The molecule has 194 valence electrons. The molecule has 3 aromatic rings. The van der Waals surface area contributed by atoms with Gasteiger partial charge < -0.3 is 15.0 Å². The van der Waals surface area contributed by atoms with Crippen LogP contribution in [0.25, 0.3) is 0 Å². The number of amides is 2. The highest BCUT2D eigenvalue weighted by Crippen LogP contribution is 2.35. The van der Waals surface area contributed by atoms with Crippen molar-refractivity contribution in [2.45, 2.75) is 4.90 Å². The number of benzene rings is 3. The van der Waals surface area contributed by atoms with E-state index < -0.39 is 15.9 Å². The van der Waals surface area contributed by atoms with E-state index in [1.807, 2.05) is 0 Å². The summed E-state index contributed by atoms with van der Waals surface area (Å²) in [6.07, 6.45) is 0. The van der Waals surface area contributed by atoms with Gasteiger partial charge in [-0.2, -0.15) is 11.8 Å². The Kier molecular flexibility index (Phi) is 8.86. The largest absolute Gasteiger partial charge is 0.454 e. The zero-order valence-corrected chi connectivity index (χ0v) is 22.6. The van der Waals surface area contributed by atoms with Crippen LogP contribution >= 0.6 is 35.0 Å². The first-order chi connectivity index (χ1) is 17.7. The predicted molar refractivity (Wildman–Crippen MR) is 146 cm³/mol. The van der Waals surface area contributed by atoms with Gasteiger partial charge in [-0.05, 0) is 54.6 Å². The summed E-state index contributed by atoms with van der Waals surface area (Å²) in [4.78, 5) is 26.4. The molecular weight excluding hydrogens is 557 g/mol. The van der Waals surface area contributed by atoms with Crippen molar-refractivity contribution in [2.24, 2.45) is 0 Å². The van der Waals surface area contributed by atoms with Crippen LogP contribution in [0.5, 0.6) is 11.5 Å². The molecule has 0 unspecified atom stereocenters. The van der Waals surface area contributed by atoms with Crippen molar-refractivity contribution in [3.05, 3.63) is 82.3 Å². The Morgan fingerprint density at radius 2 is 1.65 bits per heavy atom. The number of hydrogen-bond donors (Lipinski definition) is 2. The quantitative estimate of drug-likeness (QED) is 0.393. The number of halogens is 2. The third-order valence-corrected chi connectivity index (χ3v) is 8.29. The summed E-state index contributed by atoms with van der Waals surface area (Å²) in [7, 11) is -4.01. The molecule has 0 spiro atoms. The van der Waals surface area contributed by atoms with Crippen molar-refractivity contribution >= 4 is 62.5 Å². The third kappa shape index (κ3) is 7.10. The third-order valence-electron chi connectivity index (χ3n) is 5.44. The highest BCUT2D eigenvalue weighted by molar-refractivity contribution is 7.99. The molecule has 0 aromatic heterocycles. The number of ether oxygens (including phenoxy) is 1. The second kappa shape index (κ2) is 12.1. The Morgan fingerprint density at radius 1 is 0.946 bits per heavy atom. The average Bonchev–Trinajstić information content (AvgIpc) is 2.90. The summed E-state index contributed by atoms with van der Waals surface area (Å²) in [6, 6.07) is 16.6. The smallest absolute Gasteiger partial charge is 0.262 e. The van der Waals surface area contributed by atoms with Crippen LogP contribution in [0.1, 0.15) is 10.4 Å². The van der Waals surface area contributed by atoms with E-state index >= 15 is 0 Å². The van der Waals surface area contributed by atoms with Gasteiger partial charge in [0.25, 0.3) is 15.9 Å². The summed E-state index contributed by atoms with van der Waals surface area (Å²) in [5.41, 5.74) is 0.437. The maximum absolute atomic E-state index is 13.0. The SMILES string of the molecule is O=C(NCC(=O)N1CCSCC1)c1ccc(S(=O)(=O)Nc2ccccc2Oc2ccc(Cl)cc2Cl)cc1. The van der Waals surface area contributed by atoms with Crippen LogP contribution < -0.4 is 14.8 Å². The van der Waals surface area contributed by atoms with E-state index in [-0.39, 0.29) is 39.4 Å². The van der Waals surface area contributed by atoms with Crippen LogP contribution in [-0.2, 0) is 14.8 Å². The topological polar surface area (TPSA) is 105 Å². The number of anilines is 1. The summed E-state index contributed by atoms with van der Waals surface area (Å²) >= 11 is 13.9. The van der Waals surface area contributed by atoms with E-state index in [9.17, 15) is 18.0 Å². The molecule has 1 aliphatic heterocycles. The number of nitrogens with zero attached hydrogens (tertiary/aromatic N) is 1. The van der Waals surface area contributed by atoms with Gasteiger partial charge in [0.2, 0.25) is 5.91 Å². The standard InChI is InChI=1S/C25H23Cl2N3O5S2/c26-18-7-10-22(20(27)15-18)35-23-4-2-1-3-21(23)29-37(33,34)19-8-5-17(6-9-19)25(32)28-16-24(31)30-11-13-36-14-12-30/h1-10,15,29H,11-14,16H2,(H,28,32). The Bertz CT molecular complexity index is 1400. The molecule has 0 atom stereocenters. The summed E-state index contributed by atoms with van der Waals surface area (Å²) in [5.74, 6) is 1.71. The van der Waals surface area contributed by atoms with Crippen molar-refractivity contribution < 1.29 is 22.7 Å². The van der Waals surface area contributed by atoms with Crippen LogP contribution in [0.2, 0.25) is 10.0 Å². The van der Waals surface area contributed by atoms with Gasteiger partial charge in [-0.1, -0.05) is 35.3 Å². The van der Waals surface area contributed by atoms with E-state index in [1.165, 1.54) is 30.3 Å². The van der Waals surface area contributed by atoms with Crippen LogP contribution in [0.3, 0.4) is 0 Å². The van der Waals surface area contributed by atoms with E-state index in [2.05, 4.69) is 10.0 Å². The molecule has 1 saturated heterocycles. The van der Waals surface area contributed by atoms with Gasteiger partial charge in [0.1, 0.15) is 5.75 Å². The Morgan fingerprint density at radius 3 is 2.35 bits per heavy atom. The molecule has 2 amide bonds. The van der Waals surface area contributed by atoms with Gasteiger partial charge >= 0.3 is 0 Å². The van der Waals surface area contributed by atoms with E-state index in [0.29, 0.717) is 23.9 Å². The number of para-hydroxylation sites is 2. The summed E-state index contributed by atoms with van der Waals surface area (Å²) in [6.45, 7) is 1.22. The Hall–Kier alpha value is -2.92. The molecule has 0 aliphatic carbocycles. The van der Waals surface area contributed by atoms with Gasteiger partial charge in [0, 0.05) is 35.2 Å². The molecule has 12 heteroatoms. The van der Waals surface area contributed by atoms with Crippen LogP contribution in [0, 0.1) is 0 Å². The lowest BCUT2D eigenvalue weighted by molar-refractivity contribution is -0.129. The van der Waals surface area contributed by atoms with Crippen molar-refractivity contribution in [1.29, 1.82) is 0 Å². The zero-order valence-electron chi connectivity index (χ0n) is 19.4. The zero-order chi connectivity index (χ0) is 26.4. The van der Waals surface area contributed by atoms with Crippen molar-refractivity contribution in [3.63, 3.8) is 0 Å². The molecular formula is C25H23Cl2N3O5S2. The molecule has 0 bridgehead atoms. The molecule has 1 aliphatic rings. The fraction of sp³-hybridized carbons (Fsp3) is 0.200. The lowest BCUT2D eigenvalue weighted by Crippen LogP contribution is -2.43. The minimum absolute atomic E-state index is 0.0507. The molecule has 8 nitrogen and oxygen atoms in total. The minimum atomic E-state index is -4.01. The molecule has 2 N–H and O–H groups in total. The first kappa shape index (κ1) is 27.1. The lowest BCUT2D eigenvalue weighted by atomic mass is 10.2. The summed E-state index contributed by atoms with van der Waals surface area (Å²) in [5, 5.41) is 3.31. The molecule has 0 radical (unpaired) electrons. The second-order valence-electron chi connectivity index (χ2n) is 7.98. The monoisotopic (exact) mass is 579 g/mol. The first-order valence-corrected chi connectivity index (χ1v) is 14.6. The number of nitrogens with one attached hydrogen (secondary N) is 2. The van der Waals surface area contributed by atoms with E-state index in [4.69, 9.17) is 27.9 Å². The number of hydrogen-bond acceptors (Lipinski definition) is 6. The summed E-state index contributed by atoms with van der Waals surface area (Å²) < 4.78 is 34.4. The van der Waals surface area contributed by atoms with Crippen LogP contribution in [-0.4, -0.2) is 56.3 Å². The maximum atomic E-state index is 13.0. The number of carbonyl (C=O) groups is 2. The van der Waals surface area contributed by atoms with Crippen LogP contribution in [0.15, 0.2) is 71.6 Å². The molecule has 4 rings (SSSR count). The van der Waals surface area contributed by atoms with Crippen molar-refractivity contribution in [1.82, 2.24) is 10.2 Å². The fourth-order valence-electron chi connectivity index (χ4n) is 3.49. The molecule has 1 fully saturated rings. The molecule has 0 saturated carbocycles. The Balaban J connectivity index is 1.41.